The van der Waals surface area contributed by atoms with Crippen molar-refractivity contribution in [2.45, 2.75) is 17.1 Å². The Morgan fingerprint density at radius 1 is 1.03 bits per heavy atom. The molecule has 1 unspecified atom stereocenters. The van der Waals surface area contributed by atoms with Gasteiger partial charge in [0.25, 0.3) is 5.91 Å². The highest BCUT2D eigenvalue weighted by Gasteiger charge is 2.18. The first-order valence-corrected chi connectivity index (χ1v) is 12.4. The van der Waals surface area contributed by atoms with Crippen LogP contribution in [0.15, 0.2) is 83.1 Å². The zero-order valence-corrected chi connectivity index (χ0v) is 20.6. The van der Waals surface area contributed by atoms with Gasteiger partial charge in [-0.05, 0) is 61.5 Å². The molecule has 0 bridgehead atoms. The monoisotopic (exact) mass is 507 g/mol. The largest absolute Gasteiger partial charge is 0.496 e. The standard InChI is InChI=1S/C26H22FN3O3S2/c1-16(24(31)30-26-29-22(15-34-26)21-8-3-4-9-23(21)33-2)35-20-7-5-6-19(14-20)28-25(32)17-10-12-18(27)13-11-17/h3-16H,1-2H3,(H,28,32)(H,29,30,31). The highest BCUT2D eigenvalue weighted by Crippen LogP contribution is 2.32. The van der Waals surface area contributed by atoms with E-state index in [0.717, 1.165) is 16.2 Å². The molecule has 178 valence electrons. The molecular formula is C26H22FN3O3S2. The molecule has 0 spiro atoms. The minimum atomic E-state index is -0.406. The average molecular weight is 508 g/mol. The van der Waals surface area contributed by atoms with E-state index >= 15 is 0 Å². The second-order valence-electron chi connectivity index (χ2n) is 7.48. The SMILES string of the molecule is COc1ccccc1-c1csc(NC(=O)C(C)Sc2cccc(NC(=O)c3ccc(F)cc3)c2)n1. The molecule has 3 aromatic carbocycles. The number of anilines is 2. The molecule has 0 aliphatic rings. The number of thioether (sulfide) groups is 1. The molecule has 0 fully saturated rings. The van der Waals surface area contributed by atoms with Crippen LogP contribution in [0, 0.1) is 5.82 Å². The van der Waals surface area contributed by atoms with Gasteiger partial charge in [-0.1, -0.05) is 18.2 Å². The van der Waals surface area contributed by atoms with Gasteiger partial charge >= 0.3 is 0 Å². The van der Waals surface area contributed by atoms with Crippen LogP contribution >= 0.6 is 23.1 Å². The number of nitrogens with one attached hydrogen (secondary N) is 2. The number of thiazole rings is 1. The van der Waals surface area contributed by atoms with Crippen molar-refractivity contribution in [2.24, 2.45) is 0 Å². The molecule has 4 aromatic rings. The zero-order chi connectivity index (χ0) is 24.8. The van der Waals surface area contributed by atoms with E-state index in [0.29, 0.717) is 22.1 Å². The van der Waals surface area contributed by atoms with Gasteiger partial charge in [0, 0.05) is 27.1 Å². The molecular weight excluding hydrogens is 485 g/mol. The summed E-state index contributed by atoms with van der Waals surface area (Å²) < 4.78 is 18.5. The number of hydrogen-bond acceptors (Lipinski definition) is 6. The number of rotatable bonds is 8. The molecule has 4 rings (SSSR count). The van der Waals surface area contributed by atoms with Crippen molar-refractivity contribution in [3.8, 4) is 17.0 Å². The zero-order valence-electron chi connectivity index (χ0n) is 18.9. The summed E-state index contributed by atoms with van der Waals surface area (Å²) in [6.07, 6.45) is 0. The fourth-order valence-corrected chi connectivity index (χ4v) is 4.87. The van der Waals surface area contributed by atoms with E-state index in [1.165, 1.54) is 47.4 Å². The molecule has 9 heteroatoms. The lowest BCUT2D eigenvalue weighted by Gasteiger charge is -2.12. The third-order valence-electron chi connectivity index (χ3n) is 5.00. The van der Waals surface area contributed by atoms with Crippen molar-refractivity contribution in [3.63, 3.8) is 0 Å². The van der Waals surface area contributed by atoms with Gasteiger partial charge in [0.15, 0.2) is 5.13 Å². The molecule has 0 radical (unpaired) electrons. The third kappa shape index (κ3) is 6.26. The van der Waals surface area contributed by atoms with Crippen LogP contribution in [0.2, 0.25) is 0 Å². The fourth-order valence-electron chi connectivity index (χ4n) is 3.23. The van der Waals surface area contributed by atoms with Crippen molar-refractivity contribution in [1.29, 1.82) is 0 Å². The van der Waals surface area contributed by atoms with E-state index < -0.39 is 11.1 Å². The van der Waals surface area contributed by atoms with Crippen molar-refractivity contribution >= 4 is 45.7 Å². The summed E-state index contributed by atoms with van der Waals surface area (Å²) in [6.45, 7) is 1.80. The number of para-hydroxylation sites is 1. The molecule has 0 saturated heterocycles. The van der Waals surface area contributed by atoms with Gasteiger partial charge in [0.05, 0.1) is 18.1 Å². The minimum Gasteiger partial charge on any atom is -0.496 e. The first-order chi connectivity index (χ1) is 16.9. The van der Waals surface area contributed by atoms with Crippen molar-refractivity contribution in [2.75, 3.05) is 17.7 Å². The van der Waals surface area contributed by atoms with Gasteiger partial charge in [-0.3, -0.25) is 9.59 Å². The van der Waals surface area contributed by atoms with Gasteiger partial charge in [-0.25, -0.2) is 9.37 Å². The maximum absolute atomic E-state index is 13.1. The van der Waals surface area contributed by atoms with Crippen LogP contribution in [0.25, 0.3) is 11.3 Å². The van der Waals surface area contributed by atoms with E-state index in [1.807, 2.05) is 35.7 Å². The van der Waals surface area contributed by atoms with Crippen molar-refractivity contribution in [1.82, 2.24) is 4.98 Å². The van der Waals surface area contributed by atoms with Crippen LogP contribution in [-0.4, -0.2) is 29.2 Å². The number of hydrogen-bond donors (Lipinski definition) is 2. The van der Waals surface area contributed by atoms with Crippen LogP contribution < -0.4 is 15.4 Å². The van der Waals surface area contributed by atoms with Crippen molar-refractivity contribution < 1.29 is 18.7 Å². The van der Waals surface area contributed by atoms with Gasteiger partial charge in [0.2, 0.25) is 5.91 Å². The second-order valence-corrected chi connectivity index (χ2v) is 9.75. The summed E-state index contributed by atoms with van der Waals surface area (Å²) in [7, 11) is 1.61. The summed E-state index contributed by atoms with van der Waals surface area (Å²) in [6, 6.07) is 20.1. The Morgan fingerprint density at radius 2 is 1.80 bits per heavy atom. The summed E-state index contributed by atoms with van der Waals surface area (Å²) in [5.41, 5.74) is 2.52. The lowest BCUT2D eigenvalue weighted by molar-refractivity contribution is -0.115. The minimum absolute atomic E-state index is 0.184. The van der Waals surface area contributed by atoms with Gasteiger partial charge in [-0.15, -0.1) is 23.1 Å². The molecule has 1 heterocycles. The van der Waals surface area contributed by atoms with Crippen LogP contribution in [-0.2, 0) is 4.79 Å². The Hall–Kier alpha value is -3.69. The van der Waals surface area contributed by atoms with Gasteiger partial charge in [0.1, 0.15) is 11.6 Å². The summed E-state index contributed by atoms with van der Waals surface area (Å²) in [5, 5.41) is 7.63. The van der Waals surface area contributed by atoms with Gasteiger partial charge < -0.3 is 15.4 Å². The number of amides is 2. The van der Waals surface area contributed by atoms with Crippen LogP contribution in [0.5, 0.6) is 5.75 Å². The Balaban J connectivity index is 1.37. The number of nitrogens with zero attached hydrogens (tertiary/aromatic N) is 1. The van der Waals surface area contributed by atoms with E-state index in [2.05, 4.69) is 15.6 Å². The Morgan fingerprint density at radius 3 is 2.57 bits per heavy atom. The maximum Gasteiger partial charge on any atom is 0.255 e. The molecule has 0 saturated carbocycles. The molecule has 0 aliphatic carbocycles. The maximum atomic E-state index is 13.1. The quantitative estimate of drug-likeness (QED) is 0.273. The van der Waals surface area contributed by atoms with E-state index in [1.54, 1.807) is 32.2 Å². The number of benzene rings is 3. The topological polar surface area (TPSA) is 80.3 Å². The highest BCUT2D eigenvalue weighted by atomic mass is 32.2. The predicted molar refractivity (Wildman–Crippen MR) is 139 cm³/mol. The second kappa shape index (κ2) is 11.2. The molecule has 1 atom stereocenters. The van der Waals surface area contributed by atoms with E-state index in [9.17, 15) is 14.0 Å². The van der Waals surface area contributed by atoms with E-state index in [-0.39, 0.29) is 11.8 Å². The normalized spacial score (nSPS) is 11.5. The summed E-state index contributed by atoms with van der Waals surface area (Å²) >= 11 is 2.71. The number of carbonyl (C=O) groups is 2. The molecule has 0 aliphatic heterocycles. The van der Waals surface area contributed by atoms with Crippen LogP contribution in [0.4, 0.5) is 15.2 Å². The van der Waals surface area contributed by atoms with Crippen molar-refractivity contribution in [3.05, 3.63) is 89.6 Å². The smallest absolute Gasteiger partial charge is 0.255 e. The van der Waals surface area contributed by atoms with Gasteiger partial charge in [-0.2, -0.15) is 0 Å². The average Bonchev–Trinajstić information content (AvgIpc) is 3.32. The first kappa shape index (κ1) is 24.4. The number of methoxy groups -OCH3 is 1. The fraction of sp³-hybridized carbons (Fsp3) is 0.115. The number of halogens is 1. The predicted octanol–water partition coefficient (Wildman–Crippen LogP) is 6.33. The Kier molecular flexibility index (Phi) is 7.79. The van der Waals surface area contributed by atoms with E-state index in [4.69, 9.17) is 4.74 Å². The Bertz CT molecular complexity index is 1340. The molecule has 6 nitrogen and oxygen atoms in total. The molecule has 2 amide bonds. The summed E-state index contributed by atoms with van der Waals surface area (Å²) in [4.78, 5) is 30.5. The number of aromatic nitrogens is 1. The number of ether oxygens (including phenoxy) is 1. The third-order valence-corrected chi connectivity index (χ3v) is 6.85. The molecule has 2 N–H and O–H groups in total. The molecule has 1 aromatic heterocycles. The molecule has 35 heavy (non-hydrogen) atoms. The lowest BCUT2D eigenvalue weighted by atomic mass is 10.1. The first-order valence-electron chi connectivity index (χ1n) is 10.7. The number of carbonyl (C=O) groups excluding carboxylic acids is 2. The highest BCUT2D eigenvalue weighted by molar-refractivity contribution is 8.00. The lowest BCUT2D eigenvalue weighted by Crippen LogP contribution is -2.22. The summed E-state index contributed by atoms with van der Waals surface area (Å²) in [5.74, 6) is -0.212. The van der Waals surface area contributed by atoms with Crippen LogP contribution in [0.3, 0.4) is 0 Å². The van der Waals surface area contributed by atoms with Crippen LogP contribution in [0.1, 0.15) is 17.3 Å². The Labute approximate surface area is 210 Å².